The Morgan fingerprint density at radius 3 is 2.00 bits per heavy atom. The third-order valence-corrected chi connectivity index (χ3v) is 1.15. The average molecular weight is 132 g/mol. The van der Waals surface area contributed by atoms with Gasteiger partial charge >= 0.3 is 0 Å². The van der Waals surface area contributed by atoms with Crippen molar-refractivity contribution >= 4 is 0 Å². The number of aliphatic hydroxyl groups is 1. The third-order valence-electron chi connectivity index (χ3n) is 1.15. The van der Waals surface area contributed by atoms with Crippen LogP contribution in [-0.2, 0) is 9.47 Å². The smallest absolute Gasteiger partial charge is 0.189 e. The summed E-state index contributed by atoms with van der Waals surface area (Å²) in [5, 5.41) is 9.18. The fourth-order valence-electron chi connectivity index (χ4n) is 0.896. The summed E-state index contributed by atoms with van der Waals surface area (Å²) in [6.07, 6.45) is 0. The van der Waals surface area contributed by atoms with Gasteiger partial charge < -0.3 is 14.6 Å². The molecular weight excluding hydrogens is 120 g/mol. The van der Waals surface area contributed by atoms with E-state index >= 15 is 0 Å². The zero-order chi connectivity index (χ0) is 7.12. The Labute approximate surface area is 54.6 Å². The lowest BCUT2D eigenvalue weighted by atomic mass is 10.3. The van der Waals surface area contributed by atoms with Crippen molar-refractivity contribution in [2.24, 2.45) is 0 Å². The maximum atomic E-state index is 9.18. The van der Waals surface area contributed by atoms with Crippen molar-refractivity contribution in [3.63, 3.8) is 0 Å². The Bertz CT molecular complexity index is 103. The molecule has 0 amide bonds. The average Bonchev–Trinajstić information content (AvgIpc) is 1.78. The first-order valence-electron chi connectivity index (χ1n) is 2.98. The molecule has 1 heterocycles. The lowest BCUT2D eigenvalue weighted by Crippen LogP contribution is -2.29. The van der Waals surface area contributed by atoms with Gasteiger partial charge in [0.2, 0.25) is 0 Å². The van der Waals surface area contributed by atoms with E-state index in [9.17, 15) is 5.11 Å². The van der Waals surface area contributed by atoms with Crippen LogP contribution in [0.2, 0.25) is 0 Å². The topological polar surface area (TPSA) is 38.7 Å². The van der Waals surface area contributed by atoms with Crippen molar-refractivity contribution in [2.45, 2.75) is 32.3 Å². The quantitative estimate of drug-likeness (QED) is 0.521. The van der Waals surface area contributed by atoms with Crippen molar-refractivity contribution in [2.75, 3.05) is 6.61 Å². The zero-order valence-corrected chi connectivity index (χ0v) is 5.97. The van der Waals surface area contributed by atoms with Crippen molar-refractivity contribution in [1.82, 2.24) is 0 Å². The third kappa shape index (κ3) is 1.64. The van der Waals surface area contributed by atoms with Gasteiger partial charge in [-0.15, -0.1) is 0 Å². The molecular formula is C6H12O3. The molecule has 0 spiro atoms. The lowest BCUT2D eigenvalue weighted by molar-refractivity contribution is -0.220. The van der Waals surface area contributed by atoms with Gasteiger partial charge in [0.15, 0.2) is 11.6 Å². The molecule has 9 heavy (non-hydrogen) atoms. The van der Waals surface area contributed by atoms with Crippen molar-refractivity contribution in [3.05, 3.63) is 0 Å². The SMILES string of the molecule is CC1(O)COC(C)(C)O1. The van der Waals surface area contributed by atoms with Crippen LogP contribution in [0.25, 0.3) is 0 Å². The summed E-state index contributed by atoms with van der Waals surface area (Å²) < 4.78 is 10.2. The minimum absolute atomic E-state index is 0.250. The Morgan fingerprint density at radius 1 is 1.33 bits per heavy atom. The summed E-state index contributed by atoms with van der Waals surface area (Å²) in [5.74, 6) is -1.72. The van der Waals surface area contributed by atoms with E-state index in [4.69, 9.17) is 9.47 Å². The fourth-order valence-corrected chi connectivity index (χ4v) is 0.896. The number of hydrogen-bond donors (Lipinski definition) is 1. The van der Waals surface area contributed by atoms with Crippen LogP contribution in [0.4, 0.5) is 0 Å². The van der Waals surface area contributed by atoms with E-state index in [1.165, 1.54) is 0 Å². The van der Waals surface area contributed by atoms with Gasteiger partial charge in [0.05, 0.1) is 0 Å². The van der Waals surface area contributed by atoms with Crippen LogP contribution in [0, 0.1) is 0 Å². The Kier molecular flexibility index (Phi) is 1.31. The van der Waals surface area contributed by atoms with Crippen LogP contribution in [0.3, 0.4) is 0 Å². The molecule has 0 aromatic rings. The molecule has 0 radical (unpaired) electrons. The first kappa shape index (κ1) is 6.99. The van der Waals surface area contributed by atoms with Crippen LogP contribution in [0.5, 0.6) is 0 Å². The van der Waals surface area contributed by atoms with E-state index in [0.29, 0.717) is 0 Å². The minimum atomic E-state index is -1.09. The summed E-state index contributed by atoms with van der Waals surface area (Å²) in [4.78, 5) is 0. The van der Waals surface area contributed by atoms with Crippen molar-refractivity contribution < 1.29 is 14.6 Å². The number of ether oxygens (including phenoxy) is 2. The summed E-state index contributed by atoms with van der Waals surface area (Å²) in [5.41, 5.74) is 0. The molecule has 3 heteroatoms. The molecule has 1 fully saturated rings. The molecule has 1 unspecified atom stereocenters. The predicted octanol–water partition coefficient (Wildman–Crippen LogP) is 0.478. The van der Waals surface area contributed by atoms with Gasteiger partial charge in [0.25, 0.3) is 0 Å². The number of hydrogen-bond acceptors (Lipinski definition) is 3. The largest absolute Gasteiger partial charge is 0.364 e. The van der Waals surface area contributed by atoms with Gasteiger partial charge in [-0.25, -0.2) is 0 Å². The second-order valence-electron chi connectivity index (χ2n) is 2.97. The van der Waals surface area contributed by atoms with E-state index in [1.54, 1.807) is 20.8 Å². The maximum absolute atomic E-state index is 9.18. The van der Waals surface area contributed by atoms with Crippen LogP contribution >= 0.6 is 0 Å². The molecule has 1 saturated heterocycles. The van der Waals surface area contributed by atoms with Crippen molar-refractivity contribution in [3.8, 4) is 0 Å². The summed E-state index contributed by atoms with van der Waals surface area (Å²) in [6, 6.07) is 0. The predicted molar refractivity (Wildman–Crippen MR) is 31.7 cm³/mol. The standard InChI is InChI=1S/C6H12O3/c1-5(2)8-4-6(3,7)9-5/h7H,4H2,1-3H3. The molecule has 3 nitrogen and oxygen atoms in total. The van der Waals surface area contributed by atoms with Crippen LogP contribution in [0.1, 0.15) is 20.8 Å². The molecule has 0 aromatic carbocycles. The van der Waals surface area contributed by atoms with E-state index < -0.39 is 11.6 Å². The second kappa shape index (κ2) is 1.68. The monoisotopic (exact) mass is 132 g/mol. The molecule has 0 bridgehead atoms. The molecule has 1 aliphatic rings. The highest BCUT2D eigenvalue weighted by molar-refractivity contribution is 4.72. The van der Waals surface area contributed by atoms with E-state index in [0.717, 1.165) is 0 Å². The van der Waals surface area contributed by atoms with Crippen LogP contribution in [-0.4, -0.2) is 23.3 Å². The van der Waals surface area contributed by atoms with Gasteiger partial charge in [0, 0.05) is 0 Å². The van der Waals surface area contributed by atoms with E-state index in [-0.39, 0.29) is 6.61 Å². The molecule has 0 aromatic heterocycles. The van der Waals surface area contributed by atoms with E-state index in [2.05, 4.69) is 0 Å². The Hall–Kier alpha value is -0.120. The normalized spacial score (nSPS) is 41.3. The fraction of sp³-hybridized carbons (Fsp3) is 1.00. The molecule has 1 atom stereocenters. The summed E-state index contributed by atoms with van der Waals surface area (Å²) >= 11 is 0. The highest BCUT2D eigenvalue weighted by Gasteiger charge is 2.40. The highest BCUT2D eigenvalue weighted by Crippen LogP contribution is 2.27. The summed E-state index contributed by atoms with van der Waals surface area (Å²) in [7, 11) is 0. The van der Waals surface area contributed by atoms with Gasteiger partial charge in [-0.3, -0.25) is 0 Å². The van der Waals surface area contributed by atoms with Gasteiger partial charge in [-0.05, 0) is 20.8 Å². The van der Waals surface area contributed by atoms with Gasteiger partial charge in [0.1, 0.15) is 6.61 Å². The van der Waals surface area contributed by atoms with Gasteiger partial charge in [-0.1, -0.05) is 0 Å². The lowest BCUT2D eigenvalue weighted by Gasteiger charge is -2.19. The molecule has 0 saturated carbocycles. The Balaban J connectivity index is 2.58. The van der Waals surface area contributed by atoms with Gasteiger partial charge in [-0.2, -0.15) is 0 Å². The molecule has 54 valence electrons. The first-order valence-corrected chi connectivity index (χ1v) is 2.98. The van der Waals surface area contributed by atoms with Crippen molar-refractivity contribution in [1.29, 1.82) is 0 Å². The summed E-state index contributed by atoms with van der Waals surface area (Å²) in [6.45, 7) is 5.38. The highest BCUT2D eigenvalue weighted by atomic mass is 16.8. The Morgan fingerprint density at radius 2 is 1.89 bits per heavy atom. The van der Waals surface area contributed by atoms with Crippen LogP contribution < -0.4 is 0 Å². The molecule has 1 rings (SSSR count). The number of rotatable bonds is 0. The van der Waals surface area contributed by atoms with Crippen LogP contribution in [0.15, 0.2) is 0 Å². The maximum Gasteiger partial charge on any atom is 0.189 e. The minimum Gasteiger partial charge on any atom is -0.364 e. The first-order chi connectivity index (χ1) is 3.91. The molecule has 0 aliphatic carbocycles. The second-order valence-corrected chi connectivity index (χ2v) is 2.97. The molecule has 1 N–H and O–H groups in total. The zero-order valence-electron chi connectivity index (χ0n) is 5.97. The molecule has 1 aliphatic heterocycles. The van der Waals surface area contributed by atoms with E-state index in [1.807, 2.05) is 0 Å².